The largest absolute Gasteiger partial charge is 0.453 e. The number of nitrogens with zero attached hydrogens (tertiary/aromatic N) is 1. The molecule has 0 unspecified atom stereocenters. The molecule has 0 aliphatic rings. The van der Waals surface area contributed by atoms with Crippen molar-refractivity contribution in [3.05, 3.63) is 48.5 Å². The first-order chi connectivity index (χ1) is 10.3. The molecule has 0 atom stereocenters. The van der Waals surface area contributed by atoms with Gasteiger partial charge in [0.1, 0.15) is 5.52 Å². The van der Waals surface area contributed by atoms with E-state index in [0.29, 0.717) is 5.95 Å². The van der Waals surface area contributed by atoms with Crippen LogP contribution < -0.4 is 5.32 Å². The van der Waals surface area contributed by atoms with Crippen molar-refractivity contribution < 1.29 is 9.53 Å². The number of benzene rings is 2. The molecule has 3 rings (SSSR count). The summed E-state index contributed by atoms with van der Waals surface area (Å²) < 4.78 is 4.56. The molecule has 3 aromatic rings. The third-order valence-corrected chi connectivity index (χ3v) is 3.91. The second-order valence-electron chi connectivity index (χ2n) is 4.27. The monoisotopic (exact) mass is 299 g/mol. The molecular formula is C15H13N3O2S. The van der Waals surface area contributed by atoms with Gasteiger partial charge in [-0.2, -0.15) is 0 Å². The van der Waals surface area contributed by atoms with E-state index in [2.05, 4.69) is 20.0 Å². The van der Waals surface area contributed by atoms with Gasteiger partial charge >= 0.3 is 6.09 Å². The van der Waals surface area contributed by atoms with E-state index in [0.717, 1.165) is 20.8 Å². The molecular weight excluding hydrogens is 286 g/mol. The number of aromatic nitrogens is 2. The Labute approximate surface area is 125 Å². The molecule has 0 radical (unpaired) electrons. The molecule has 1 aromatic heterocycles. The number of carbonyl (C=O) groups excluding carboxylic acids is 1. The van der Waals surface area contributed by atoms with Crippen LogP contribution in [0.15, 0.2) is 58.3 Å². The summed E-state index contributed by atoms with van der Waals surface area (Å²) in [5.41, 5.74) is 1.68. The number of nitrogens with one attached hydrogen (secondary N) is 2. The maximum absolute atomic E-state index is 11.2. The Morgan fingerprint density at radius 3 is 2.76 bits per heavy atom. The Hall–Kier alpha value is -2.47. The summed E-state index contributed by atoms with van der Waals surface area (Å²) in [6.07, 6.45) is -0.550. The Morgan fingerprint density at radius 2 is 2.00 bits per heavy atom. The molecule has 106 valence electrons. The number of H-pyrrole nitrogens is 1. The zero-order chi connectivity index (χ0) is 14.7. The number of para-hydroxylation sites is 1. The Kier molecular flexibility index (Phi) is 3.79. The Balaban J connectivity index is 1.94. The van der Waals surface area contributed by atoms with Crippen molar-refractivity contribution in [2.45, 2.75) is 9.79 Å². The first-order valence-electron chi connectivity index (χ1n) is 6.33. The van der Waals surface area contributed by atoms with Crippen molar-refractivity contribution in [2.75, 3.05) is 12.4 Å². The zero-order valence-corrected chi connectivity index (χ0v) is 12.1. The van der Waals surface area contributed by atoms with E-state index in [4.69, 9.17) is 0 Å². The van der Waals surface area contributed by atoms with Crippen LogP contribution in [0.1, 0.15) is 0 Å². The van der Waals surface area contributed by atoms with Crippen LogP contribution in [0.4, 0.5) is 10.7 Å². The fourth-order valence-electron chi connectivity index (χ4n) is 1.91. The number of methoxy groups -OCH3 is 1. The minimum atomic E-state index is -0.550. The van der Waals surface area contributed by atoms with Crippen LogP contribution in [-0.4, -0.2) is 23.2 Å². The molecule has 1 amide bonds. The lowest BCUT2D eigenvalue weighted by atomic mass is 10.3. The van der Waals surface area contributed by atoms with Gasteiger partial charge in [0, 0.05) is 9.79 Å². The van der Waals surface area contributed by atoms with E-state index in [1.54, 1.807) is 11.8 Å². The van der Waals surface area contributed by atoms with E-state index in [9.17, 15) is 4.79 Å². The summed E-state index contributed by atoms with van der Waals surface area (Å²) in [7, 11) is 1.31. The van der Waals surface area contributed by atoms with E-state index in [1.807, 2.05) is 48.5 Å². The van der Waals surface area contributed by atoms with Crippen LogP contribution in [0.3, 0.4) is 0 Å². The van der Waals surface area contributed by atoms with Gasteiger partial charge in [-0.3, -0.25) is 5.32 Å². The number of carbonyl (C=O) groups is 1. The average molecular weight is 299 g/mol. The minimum absolute atomic E-state index is 0.373. The molecule has 0 saturated heterocycles. The number of hydrogen-bond donors (Lipinski definition) is 2. The van der Waals surface area contributed by atoms with Gasteiger partial charge in [0.15, 0.2) is 0 Å². The number of fused-ring (bicyclic) bond motifs is 1. The number of hydrogen-bond acceptors (Lipinski definition) is 4. The van der Waals surface area contributed by atoms with Crippen LogP contribution in [0.5, 0.6) is 0 Å². The zero-order valence-electron chi connectivity index (χ0n) is 11.3. The highest BCUT2D eigenvalue weighted by Crippen LogP contribution is 2.32. The third kappa shape index (κ3) is 3.00. The van der Waals surface area contributed by atoms with Crippen molar-refractivity contribution in [1.82, 2.24) is 9.97 Å². The van der Waals surface area contributed by atoms with Crippen LogP contribution in [0.2, 0.25) is 0 Å². The van der Waals surface area contributed by atoms with E-state index in [-0.39, 0.29) is 0 Å². The van der Waals surface area contributed by atoms with Crippen molar-refractivity contribution in [1.29, 1.82) is 0 Å². The quantitative estimate of drug-likeness (QED) is 0.770. The lowest BCUT2D eigenvalue weighted by molar-refractivity contribution is 0.186. The lowest BCUT2D eigenvalue weighted by Gasteiger charge is -2.01. The van der Waals surface area contributed by atoms with Crippen molar-refractivity contribution >= 4 is 34.8 Å². The molecule has 21 heavy (non-hydrogen) atoms. The first kappa shape index (κ1) is 13.5. The van der Waals surface area contributed by atoms with E-state index >= 15 is 0 Å². The van der Waals surface area contributed by atoms with Gasteiger partial charge in [-0.15, -0.1) is 0 Å². The third-order valence-electron chi connectivity index (χ3n) is 2.85. The van der Waals surface area contributed by atoms with E-state index in [1.165, 1.54) is 7.11 Å². The van der Waals surface area contributed by atoms with Crippen LogP contribution >= 0.6 is 11.8 Å². The molecule has 0 bridgehead atoms. The number of ether oxygens (including phenoxy) is 1. The van der Waals surface area contributed by atoms with Crippen LogP contribution in [0.25, 0.3) is 11.0 Å². The fourth-order valence-corrected chi connectivity index (χ4v) is 2.86. The number of imidazole rings is 1. The second-order valence-corrected chi connectivity index (χ2v) is 5.38. The summed E-state index contributed by atoms with van der Waals surface area (Å²) in [6.45, 7) is 0. The van der Waals surface area contributed by atoms with Crippen LogP contribution in [-0.2, 0) is 4.74 Å². The first-order valence-corrected chi connectivity index (χ1v) is 7.14. The van der Waals surface area contributed by atoms with Crippen LogP contribution in [0, 0.1) is 0 Å². The molecule has 0 spiro atoms. The summed E-state index contributed by atoms with van der Waals surface area (Å²) in [4.78, 5) is 20.9. The van der Waals surface area contributed by atoms with Gasteiger partial charge in [-0.1, -0.05) is 36.0 Å². The predicted molar refractivity (Wildman–Crippen MR) is 82.7 cm³/mol. The Bertz CT molecular complexity index is 771. The number of rotatable bonds is 3. The van der Waals surface area contributed by atoms with Gasteiger partial charge in [-0.05, 0) is 24.3 Å². The van der Waals surface area contributed by atoms with Crippen molar-refractivity contribution in [3.63, 3.8) is 0 Å². The van der Waals surface area contributed by atoms with Gasteiger partial charge in [0.2, 0.25) is 5.95 Å². The maximum Gasteiger partial charge on any atom is 0.413 e. The SMILES string of the molecule is COC(=O)Nc1nc2c(Sc3ccccc3)cccc2[nH]1. The van der Waals surface area contributed by atoms with Crippen molar-refractivity contribution in [2.24, 2.45) is 0 Å². The molecule has 6 heteroatoms. The topological polar surface area (TPSA) is 67.0 Å². The molecule has 2 aromatic carbocycles. The van der Waals surface area contributed by atoms with Crippen molar-refractivity contribution in [3.8, 4) is 0 Å². The number of anilines is 1. The van der Waals surface area contributed by atoms with Gasteiger partial charge in [0.25, 0.3) is 0 Å². The normalized spacial score (nSPS) is 10.5. The molecule has 1 heterocycles. The molecule has 0 aliphatic heterocycles. The highest BCUT2D eigenvalue weighted by molar-refractivity contribution is 7.99. The summed E-state index contributed by atoms with van der Waals surface area (Å²) in [6, 6.07) is 15.9. The molecule has 0 aliphatic carbocycles. The van der Waals surface area contributed by atoms with Gasteiger partial charge in [-0.25, -0.2) is 9.78 Å². The highest BCUT2D eigenvalue weighted by atomic mass is 32.2. The molecule has 0 saturated carbocycles. The second kappa shape index (κ2) is 5.88. The smallest absolute Gasteiger partial charge is 0.413 e. The standard InChI is InChI=1S/C15H13N3O2S/c1-20-15(19)18-14-16-11-8-5-9-12(13(11)17-14)21-10-6-3-2-4-7-10/h2-9H,1H3,(H2,16,17,18,19). The molecule has 0 fully saturated rings. The fraction of sp³-hybridized carbons (Fsp3) is 0.0667. The van der Waals surface area contributed by atoms with Gasteiger partial charge < -0.3 is 9.72 Å². The minimum Gasteiger partial charge on any atom is -0.453 e. The van der Waals surface area contributed by atoms with E-state index < -0.39 is 6.09 Å². The number of aromatic amines is 1. The average Bonchev–Trinajstić information content (AvgIpc) is 2.91. The van der Waals surface area contributed by atoms with Gasteiger partial charge in [0.05, 0.1) is 12.6 Å². The summed E-state index contributed by atoms with van der Waals surface area (Å²) in [5, 5.41) is 2.54. The number of amides is 1. The Morgan fingerprint density at radius 1 is 1.19 bits per heavy atom. The molecule has 5 nitrogen and oxygen atoms in total. The highest BCUT2D eigenvalue weighted by Gasteiger charge is 2.10. The molecule has 2 N–H and O–H groups in total. The maximum atomic E-state index is 11.2. The predicted octanol–water partition coefficient (Wildman–Crippen LogP) is 3.89. The lowest BCUT2D eigenvalue weighted by Crippen LogP contribution is -2.11. The summed E-state index contributed by atoms with van der Waals surface area (Å²) in [5.74, 6) is 0.373. The summed E-state index contributed by atoms with van der Waals surface area (Å²) >= 11 is 1.63.